The summed E-state index contributed by atoms with van der Waals surface area (Å²) in [5.41, 5.74) is 2.07. The van der Waals surface area contributed by atoms with E-state index in [0.29, 0.717) is 29.3 Å². The van der Waals surface area contributed by atoms with Crippen LogP contribution in [-0.4, -0.2) is 24.4 Å². The Morgan fingerprint density at radius 1 is 1.04 bits per heavy atom. The standard InChI is InChI=1S/C19H18F3N3O2/c1-26-15-7-8-16(17(9-15)27-2)23-10-13-11-24-25-18(13)12-3-5-14(6-4-12)19(20,21)22/h3-9,11,23H,10H2,1-2H3,(H,24,25). The van der Waals surface area contributed by atoms with Crippen molar-refractivity contribution in [3.05, 3.63) is 59.8 Å². The number of nitrogens with one attached hydrogen (secondary N) is 2. The van der Waals surface area contributed by atoms with Crippen molar-refractivity contribution in [1.29, 1.82) is 0 Å². The second-order valence-corrected chi connectivity index (χ2v) is 5.75. The maximum absolute atomic E-state index is 12.7. The third-order valence-electron chi connectivity index (χ3n) is 4.08. The van der Waals surface area contributed by atoms with Gasteiger partial charge in [0.25, 0.3) is 0 Å². The first-order valence-electron chi connectivity index (χ1n) is 8.08. The number of hydrogen-bond donors (Lipinski definition) is 2. The molecule has 142 valence electrons. The van der Waals surface area contributed by atoms with Crippen LogP contribution in [0.25, 0.3) is 11.3 Å². The molecule has 0 radical (unpaired) electrons. The fourth-order valence-corrected chi connectivity index (χ4v) is 2.65. The van der Waals surface area contributed by atoms with E-state index in [-0.39, 0.29) is 0 Å². The van der Waals surface area contributed by atoms with Crippen molar-refractivity contribution in [3.8, 4) is 22.8 Å². The van der Waals surface area contributed by atoms with Crippen LogP contribution in [0.15, 0.2) is 48.7 Å². The fraction of sp³-hybridized carbons (Fsp3) is 0.211. The first kappa shape index (κ1) is 18.6. The number of aromatic amines is 1. The number of nitrogens with zero attached hydrogens (tertiary/aromatic N) is 1. The lowest BCUT2D eigenvalue weighted by atomic mass is 10.1. The minimum Gasteiger partial charge on any atom is -0.497 e. The molecule has 1 heterocycles. The highest BCUT2D eigenvalue weighted by molar-refractivity contribution is 5.65. The van der Waals surface area contributed by atoms with E-state index in [9.17, 15) is 13.2 Å². The zero-order valence-corrected chi connectivity index (χ0v) is 14.7. The largest absolute Gasteiger partial charge is 0.497 e. The van der Waals surface area contributed by atoms with E-state index in [0.717, 1.165) is 23.4 Å². The maximum Gasteiger partial charge on any atom is 0.416 e. The normalized spacial score (nSPS) is 11.3. The molecule has 0 unspecified atom stereocenters. The van der Waals surface area contributed by atoms with Gasteiger partial charge >= 0.3 is 6.18 Å². The number of ether oxygens (including phenoxy) is 2. The Hall–Kier alpha value is -3.16. The van der Waals surface area contributed by atoms with E-state index < -0.39 is 11.7 Å². The molecule has 2 aromatic carbocycles. The van der Waals surface area contributed by atoms with Gasteiger partial charge in [-0.25, -0.2) is 0 Å². The van der Waals surface area contributed by atoms with Crippen molar-refractivity contribution < 1.29 is 22.6 Å². The summed E-state index contributed by atoms with van der Waals surface area (Å²) < 4.78 is 48.7. The van der Waals surface area contributed by atoms with E-state index in [1.807, 2.05) is 6.07 Å². The molecule has 3 rings (SSSR count). The lowest BCUT2D eigenvalue weighted by Crippen LogP contribution is -2.04. The molecule has 0 aliphatic rings. The lowest BCUT2D eigenvalue weighted by Gasteiger charge is -2.12. The van der Waals surface area contributed by atoms with Crippen LogP contribution >= 0.6 is 0 Å². The molecular weight excluding hydrogens is 359 g/mol. The number of benzene rings is 2. The van der Waals surface area contributed by atoms with E-state index in [1.165, 1.54) is 12.1 Å². The molecule has 0 aliphatic heterocycles. The highest BCUT2D eigenvalue weighted by atomic mass is 19.4. The van der Waals surface area contributed by atoms with E-state index in [2.05, 4.69) is 15.5 Å². The number of alkyl halides is 3. The van der Waals surface area contributed by atoms with Crippen LogP contribution in [-0.2, 0) is 12.7 Å². The van der Waals surface area contributed by atoms with Gasteiger partial charge in [0, 0.05) is 29.9 Å². The molecule has 0 amide bonds. The number of H-pyrrole nitrogens is 1. The average Bonchev–Trinajstić information content (AvgIpc) is 3.14. The topological polar surface area (TPSA) is 59.2 Å². The van der Waals surface area contributed by atoms with Gasteiger partial charge in [-0.15, -0.1) is 0 Å². The number of methoxy groups -OCH3 is 2. The minimum atomic E-state index is -4.36. The van der Waals surface area contributed by atoms with Crippen LogP contribution in [0.3, 0.4) is 0 Å². The molecule has 0 fully saturated rings. The molecule has 3 aromatic rings. The second-order valence-electron chi connectivity index (χ2n) is 5.75. The van der Waals surface area contributed by atoms with Gasteiger partial charge in [-0.1, -0.05) is 12.1 Å². The van der Waals surface area contributed by atoms with Crippen molar-refractivity contribution in [2.24, 2.45) is 0 Å². The lowest BCUT2D eigenvalue weighted by molar-refractivity contribution is -0.137. The molecule has 27 heavy (non-hydrogen) atoms. The van der Waals surface area contributed by atoms with Crippen molar-refractivity contribution in [3.63, 3.8) is 0 Å². The van der Waals surface area contributed by atoms with Crippen LogP contribution in [0.1, 0.15) is 11.1 Å². The van der Waals surface area contributed by atoms with Crippen molar-refractivity contribution in [2.45, 2.75) is 12.7 Å². The fourth-order valence-electron chi connectivity index (χ4n) is 2.65. The monoisotopic (exact) mass is 377 g/mol. The smallest absolute Gasteiger partial charge is 0.416 e. The van der Waals surface area contributed by atoms with Gasteiger partial charge in [0.2, 0.25) is 0 Å². The first-order valence-corrected chi connectivity index (χ1v) is 8.08. The first-order chi connectivity index (χ1) is 12.9. The van der Waals surface area contributed by atoms with E-state index in [4.69, 9.17) is 9.47 Å². The summed E-state index contributed by atoms with van der Waals surface area (Å²) in [5, 5.41) is 10.2. The summed E-state index contributed by atoms with van der Waals surface area (Å²) in [6, 6.07) is 10.3. The summed E-state index contributed by atoms with van der Waals surface area (Å²) in [4.78, 5) is 0. The van der Waals surface area contributed by atoms with E-state index in [1.54, 1.807) is 32.5 Å². The molecule has 0 spiro atoms. The van der Waals surface area contributed by atoms with Crippen LogP contribution in [0.2, 0.25) is 0 Å². The third-order valence-corrected chi connectivity index (χ3v) is 4.08. The van der Waals surface area contributed by atoms with E-state index >= 15 is 0 Å². The van der Waals surface area contributed by atoms with Crippen molar-refractivity contribution in [1.82, 2.24) is 10.2 Å². The Morgan fingerprint density at radius 2 is 1.78 bits per heavy atom. The molecule has 1 aromatic heterocycles. The molecule has 0 bridgehead atoms. The second kappa shape index (κ2) is 7.61. The van der Waals surface area contributed by atoms with Gasteiger partial charge in [-0.05, 0) is 24.3 Å². The van der Waals surface area contributed by atoms with Gasteiger partial charge < -0.3 is 14.8 Å². The third kappa shape index (κ3) is 4.16. The predicted octanol–water partition coefficient (Wildman–Crippen LogP) is 4.72. The number of hydrogen-bond acceptors (Lipinski definition) is 4. The summed E-state index contributed by atoms with van der Waals surface area (Å²) in [5.74, 6) is 1.29. The Kier molecular flexibility index (Phi) is 5.25. The SMILES string of the molecule is COc1ccc(NCc2c[nH]nc2-c2ccc(C(F)(F)F)cc2)c(OC)c1. The summed E-state index contributed by atoms with van der Waals surface area (Å²) in [6.07, 6.45) is -2.66. The molecular formula is C19H18F3N3O2. The quantitative estimate of drug-likeness (QED) is 0.652. The summed E-state index contributed by atoms with van der Waals surface area (Å²) in [7, 11) is 3.13. The Morgan fingerprint density at radius 3 is 2.41 bits per heavy atom. The number of halogens is 3. The van der Waals surface area contributed by atoms with Gasteiger partial charge in [-0.2, -0.15) is 18.3 Å². The molecule has 0 saturated heterocycles. The average molecular weight is 377 g/mol. The van der Waals surface area contributed by atoms with Gasteiger partial charge in [-0.3, -0.25) is 5.10 Å². The zero-order chi connectivity index (χ0) is 19.4. The number of aromatic nitrogens is 2. The molecule has 0 atom stereocenters. The summed E-state index contributed by atoms with van der Waals surface area (Å²) in [6.45, 7) is 0.412. The molecule has 5 nitrogen and oxygen atoms in total. The van der Waals surface area contributed by atoms with Crippen LogP contribution in [0.4, 0.5) is 18.9 Å². The van der Waals surface area contributed by atoms with Crippen LogP contribution in [0.5, 0.6) is 11.5 Å². The maximum atomic E-state index is 12.7. The van der Waals surface area contributed by atoms with Gasteiger partial charge in [0.15, 0.2) is 0 Å². The molecule has 8 heteroatoms. The minimum absolute atomic E-state index is 0.412. The van der Waals surface area contributed by atoms with Crippen LogP contribution in [0, 0.1) is 0 Å². The Bertz CT molecular complexity index is 905. The zero-order valence-electron chi connectivity index (χ0n) is 14.7. The van der Waals surface area contributed by atoms with Gasteiger partial charge in [0.1, 0.15) is 11.5 Å². The molecule has 2 N–H and O–H groups in total. The molecule has 0 saturated carbocycles. The molecule has 0 aliphatic carbocycles. The number of anilines is 1. The predicted molar refractivity (Wildman–Crippen MR) is 95.9 cm³/mol. The number of rotatable bonds is 6. The van der Waals surface area contributed by atoms with Gasteiger partial charge in [0.05, 0.1) is 31.2 Å². The van der Waals surface area contributed by atoms with Crippen molar-refractivity contribution in [2.75, 3.05) is 19.5 Å². The summed E-state index contributed by atoms with van der Waals surface area (Å²) >= 11 is 0. The highest BCUT2D eigenvalue weighted by Crippen LogP contribution is 2.32. The van der Waals surface area contributed by atoms with Crippen molar-refractivity contribution >= 4 is 5.69 Å². The Labute approximate surface area is 154 Å². The highest BCUT2D eigenvalue weighted by Gasteiger charge is 2.30. The Balaban J connectivity index is 1.78. The van der Waals surface area contributed by atoms with Crippen LogP contribution < -0.4 is 14.8 Å².